The molecule has 0 heterocycles. The zero-order chi connectivity index (χ0) is 16.0. The fourth-order valence-electron chi connectivity index (χ4n) is 2.58. The molecule has 0 aliphatic carbocycles. The second-order valence-electron chi connectivity index (χ2n) is 6.90. The highest BCUT2D eigenvalue weighted by atomic mass is 35.5. The van der Waals surface area contributed by atoms with Gasteiger partial charge in [-0.1, -0.05) is 58.3 Å². The molecule has 3 nitrogen and oxygen atoms in total. The average Bonchev–Trinajstić information content (AvgIpc) is 2.40. The Labute approximate surface area is 144 Å². The van der Waals surface area contributed by atoms with Gasteiger partial charge in [0, 0.05) is 6.92 Å². The molecule has 0 bridgehead atoms. The second kappa shape index (κ2) is 15.6. The van der Waals surface area contributed by atoms with E-state index in [0.29, 0.717) is 6.61 Å². The molecule has 0 spiro atoms. The first-order chi connectivity index (χ1) is 9.98. The Balaban J connectivity index is 0. The van der Waals surface area contributed by atoms with Crippen LogP contribution in [-0.2, 0) is 9.53 Å². The zero-order valence-corrected chi connectivity index (χ0v) is 16.1. The van der Waals surface area contributed by atoms with E-state index in [9.17, 15) is 4.79 Å². The molecule has 0 atom stereocenters. The number of rotatable bonds is 14. The predicted octanol–water partition coefficient (Wildman–Crippen LogP) is 1.55. The summed E-state index contributed by atoms with van der Waals surface area (Å²) >= 11 is 0. The lowest BCUT2D eigenvalue weighted by Crippen LogP contribution is -3.00. The lowest BCUT2D eigenvalue weighted by molar-refractivity contribution is -0.890. The van der Waals surface area contributed by atoms with E-state index < -0.39 is 0 Å². The molecule has 0 N–H and O–H groups in total. The third-order valence-electron chi connectivity index (χ3n) is 4.12. The van der Waals surface area contributed by atoms with Crippen molar-refractivity contribution in [1.29, 1.82) is 0 Å². The zero-order valence-electron chi connectivity index (χ0n) is 15.3. The smallest absolute Gasteiger partial charge is 0.302 e. The molecule has 0 aromatic rings. The normalized spacial score (nSPS) is 11.1. The maximum absolute atomic E-state index is 10.7. The van der Waals surface area contributed by atoms with Crippen LogP contribution in [0.4, 0.5) is 0 Å². The number of likely N-dealkylation sites (N-methyl/N-ethyl adjacent to an activating group) is 1. The van der Waals surface area contributed by atoms with Crippen molar-refractivity contribution in [2.45, 2.75) is 78.1 Å². The van der Waals surface area contributed by atoms with Gasteiger partial charge in [-0.25, -0.2) is 0 Å². The minimum absolute atomic E-state index is 0. The number of carbonyl (C=O) groups excluding carboxylic acids is 1. The van der Waals surface area contributed by atoms with E-state index in [1.807, 2.05) is 0 Å². The summed E-state index contributed by atoms with van der Waals surface area (Å²) in [5.41, 5.74) is 0. The van der Waals surface area contributed by atoms with E-state index in [-0.39, 0.29) is 18.4 Å². The Morgan fingerprint density at radius 1 is 0.818 bits per heavy atom. The molecule has 0 saturated heterocycles. The van der Waals surface area contributed by atoms with Crippen molar-refractivity contribution >= 4 is 5.97 Å². The first kappa shape index (κ1) is 24.0. The van der Waals surface area contributed by atoms with Crippen LogP contribution >= 0.6 is 0 Å². The summed E-state index contributed by atoms with van der Waals surface area (Å²) < 4.78 is 5.97. The molecular weight excluding hydrogens is 298 g/mol. The predicted molar refractivity (Wildman–Crippen MR) is 90.3 cm³/mol. The van der Waals surface area contributed by atoms with E-state index in [0.717, 1.165) is 11.0 Å². The summed E-state index contributed by atoms with van der Waals surface area (Å²) in [6, 6.07) is 0. The highest BCUT2D eigenvalue weighted by molar-refractivity contribution is 5.65. The Morgan fingerprint density at radius 2 is 1.27 bits per heavy atom. The Kier molecular flexibility index (Phi) is 17.0. The lowest BCUT2D eigenvalue weighted by Gasteiger charge is -2.29. The fourth-order valence-corrected chi connectivity index (χ4v) is 2.58. The van der Waals surface area contributed by atoms with E-state index in [4.69, 9.17) is 4.74 Å². The van der Waals surface area contributed by atoms with Gasteiger partial charge in [0.15, 0.2) is 0 Å². The van der Waals surface area contributed by atoms with Gasteiger partial charge >= 0.3 is 5.97 Å². The Bertz CT molecular complexity index is 257. The molecule has 0 radical (unpaired) electrons. The minimum atomic E-state index is -0.172. The molecule has 134 valence electrons. The Morgan fingerprint density at radius 3 is 1.73 bits per heavy atom. The van der Waals surface area contributed by atoms with Gasteiger partial charge in [-0.15, -0.1) is 0 Å². The maximum Gasteiger partial charge on any atom is 0.302 e. The van der Waals surface area contributed by atoms with Gasteiger partial charge in [-0.05, 0) is 12.8 Å². The highest BCUT2D eigenvalue weighted by Crippen LogP contribution is 2.11. The molecule has 4 heteroatoms. The number of hydrogen-bond donors (Lipinski definition) is 0. The van der Waals surface area contributed by atoms with Crippen LogP contribution in [0.25, 0.3) is 0 Å². The highest BCUT2D eigenvalue weighted by Gasteiger charge is 2.14. The van der Waals surface area contributed by atoms with E-state index in [1.54, 1.807) is 0 Å². The monoisotopic (exact) mass is 335 g/mol. The molecule has 0 saturated carbocycles. The van der Waals surface area contributed by atoms with Crippen molar-refractivity contribution in [3.8, 4) is 0 Å². The van der Waals surface area contributed by atoms with Crippen molar-refractivity contribution in [2.75, 3.05) is 33.8 Å². The third kappa shape index (κ3) is 17.8. The molecule has 0 aromatic heterocycles. The molecule has 0 amide bonds. The van der Waals surface area contributed by atoms with Gasteiger partial charge < -0.3 is 21.6 Å². The molecule has 0 rings (SSSR count). The summed E-state index contributed by atoms with van der Waals surface area (Å²) in [6.45, 7) is 6.38. The number of carbonyl (C=O) groups is 1. The van der Waals surface area contributed by atoms with Gasteiger partial charge in [0.05, 0.1) is 20.6 Å². The number of halogens is 1. The van der Waals surface area contributed by atoms with Crippen molar-refractivity contribution in [1.82, 2.24) is 0 Å². The standard InChI is InChI=1S/C18H38NO2.ClH/c1-5-6-7-8-9-10-11-12-13-14-15-19(3,4)16-17-21-18(2)20;/h5-17H2,1-4H3;1H/q+1;/p-1. The van der Waals surface area contributed by atoms with Crippen LogP contribution in [0.3, 0.4) is 0 Å². The summed E-state index contributed by atoms with van der Waals surface area (Å²) in [6.07, 6.45) is 13.8. The summed E-state index contributed by atoms with van der Waals surface area (Å²) in [7, 11) is 4.44. The fraction of sp³-hybridized carbons (Fsp3) is 0.944. The molecule has 0 aliphatic rings. The van der Waals surface area contributed by atoms with Gasteiger partial charge in [0.1, 0.15) is 13.2 Å². The number of quaternary nitrogens is 1. The number of hydrogen-bond acceptors (Lipinski definition) is 2. The molecule has 0 fully saturated rings. The Hall–Kier alpha value is -0.280. The van der Waals surface area contributed by atoms with Gasteiger partial charge in [0.25, 0.3) is 0 Å². The number of nitrogens with zero attached hydrogens (tertiary/aromatic N) is 1. The van der Waals surface area contributed by atoms with E-state index in [1.165, 1.54) is 77.7 Å². The van der Waals surface area contributed by atoms with Crippen LogP contribution in [-0.4, -0.2) is 44.2 Å². The molecule has 0 aromatic carbocycles. The average molecular weight is 336 g/mol. The second-order valence-corrected chi connectivity index (χ2v) is 6.90. The van der Waals surface area contributed by atoms with Gasteiger partial charge in [0.2, 0.25) is 0 Å². The topological polar surface area (TPSA) is 26.3 Å². The van der Waals surface area contributed by atoms with Crippen molar-refractivity contribution < 1.29 is 26.4 Å². The van der Waals surface area contributed by atoms with Crippen LogP contribution < -0.4 is 12.4 Å². The van der Waals surface area contributed by atoms with E-state index in [2.05, 4.69) is 21.0 Å². The van der Waals surface area contributed by atoms with Gasteiger partial charge in [-0.3, -0.25) is 4.79 Å². The lowest BCUT2D eigenvalue weighted by atomic mass is 10.1. The molecule has 0 aliphatic heterocycles. The first-order valence-electron chi connectivity index (χ1n) is 8.93. The SMILES string of the molecule is CCCCCCCCCCCC[N+](C)(C)CCOC(C)=O.[Cl-]. The largest absolute Gasteiger partial charge is 1.00 e. The van der Waals surface area contributed by atoms with Crippen LogP contribution in [0.1, 0.15) is 78.1 Å². The molecule has 0 unspecified atom stereocenters. The van der Waals surface area contributed by atoms with Gasteiger partial charge in [-0.2, -0.15) is 0 Å². The number of ether oxygens (including phenoxy) is 1. The van der Waals surface area contributed by atoms with Crippen molar-refractivity contribution in [2.24, 2.45) is 0 Å². The number of esters is 1. The van der Waals surface area contributed by atoms with Crippen LogP contribution in [0, 0.1) is 0 Å². The maximum atomic E-state index is 10.7. The quantitative estimate of drug-likeness (QED) is 0.273. The molecule has 22 heavy (non-hydrogen) atoms. The summed E-state index contributed by atoms with van der Waals surface area (Å²) in [4.78, 5) is 10.7. The van der Waals surface area contributed by atoms with Crippen LogP contribution in [0.15, 0.2) is 0 Å². The van der Waals surface area contributed by atoms with Crippen molar-refractivity contribution in [3.05, 3.63) is 0 Å². The summed E-state index contributed by atoms with van der Waals surface area (Å²) in [5.74, 6) is -0.172. The third-order valence-corrected chi connectivity index (χ3v) is 4.12. The minimum Gasteiger partial charge on any atom is -1.00 e. The van der Waals surface area contributed by atoms with E-state index >= 15 is 0 Å². The first-order valence-corrected chi connectivity index (χ1v) is 8.93. The number of unbranched alkanes of at least 4 members (excludes halogenated alkanes) is 9. The summed E-state index contributed by atoms with van der Waals surface area (Å²) in [5, 5.41) is 0. The van der Waals surface area contributed by atoms with Crippen LogP contribution in [0.2, 0.25) is 0 Å². The van der Waals surface area contributed by atoms with Crippen LogP contribution in [0.5, 0.6) is 0 Å². The molecular formula is C18H38ClNO2. The van der Waals surface area contributed by atoms with Crippen molar-refractivity contribution in [3.63, 3.8) is 0 Å².